The van der Waals surface area contributed by atoms with Crippen LogP contribution in [0.4, 0.5) is 4.39 Å². The highest BCUT2D eigenvalue weighted by Crippen LogP contribution is 2.40. The largest absolute Gasteiger partial charge is 0.392 e. The summed E-state index contributed by atoms with van der Waals surface area (Å²) in [6.07, 6.45) is -1.58. The number of β-amino-alcohol motifs (C(OH)–C–C–N with tert-alkyl or cyclic N) is 1. The minimum Gasteiger partial charge on any atom is -0.392 e. The van der Waals surface area contributed by atoms with Crippen molar-refractivity contribution in [2.24, 2.45) is 5.41 Å². The molecule has 2 aromatic rings. The molecule has 2 heterocycles. The van der Waals surface area contributed by atoms with E-state index in [9.17, 15) is 24.2 Å². The lowest BCUT2D eigenvalue weighted by Crippen LogP contribution is -2.61. The Labute approximate surface area is 221 Å². The quantitative estimate of drug-likeness (QED) is 0.416. The second kappa shape index (κ2) is 10.4. The first kappa shape index (κ1) is 27.6. The Hall–Kier alpha value is -2.40. The van der Waals surface area contributed by atoms with Crippen molar-refractivity contribution in [3.8, 4) is 10.4 Å². The standard InChI is InChI=1S/C27H37FN4O4S/c1-15-10-17(21-16(2)30-14-37-21)6-7-18(15)12-29-23(34)20-11-19(33)13-32(20)24(35)22(26(3,4)5)31-25(36)27(28)8-9-27/h6-7,10,14,19-20,22,24,33,35H,8-9,11-13H2,1-5H3,(H,29,34)(H,31,36)/t19-,20+,22-,24?/m1/s1. The molecule has 10 heteroatoms. The van der Waals surface area contributed by atoms with Gasteiger partial charge in [0, 0.05) is 13.1 Å². The highest BCUT2D eigenvalue weighted by atomic mass is 32.1. The Balaban J connectivity index is 1.44. The number of aliphatic hydroxyl groups excluding tert-OH is 2. The van der Waals surface area contributed by atoms with Crippen molar-refractivity contribution in [3.63, 3.8) is 0 Å². The molecule has 4 N–H and O–H groups in total. The number of carbonyl (C=O) groups excluding carboxylic acids is 2. The van der Waals surface area contributed by atoms with Crippen LogP contribution in [0.1, 0.15) is 56.9 Å². The van der Waals surface area contributed by atoms with Gasteiger partial charge < -0.3 is 20.8 Å². The normalized spacial score (nSPS) is 22.9. The third-order valence-corrected chi connectivity index (χ3v) is 8.35. The first-order valence-electron chi connectivity index (χ1n) is 12.7. The van der Waals surface area contributed by atoms with E-state index in [1.54, 1.807) is 11.3 Å². The van der Waals surface area contributed by atoms with Crippen LogP contribution >= 0.6 is 11.3 Å². The number of nitrogens with zero attached hydrogens (tertiary/aromatic N) is 2. The van der Waals surface area contributed by atoms with Crippen molar-refractivity contribution in [2.45, 2.75) is 90.5 Å². The molecule has 0 radical (unpaired) electrons. The summed E-state index contributed by atoms with van der Waals surface area (Å²) in [5.41, 5.74) is 3.37. The molecule has 1 aromatic carbocycles. The fourth-order valence-corrected chi connectivity index (χ4v) is 5.64. The highest BCUT2D eigenvalue weighted by molar-refractivity contribution is 7.13. The van der Waals surface area contributed by atoms with Gasteiger partial charge in [0.05, 0.1) is 34.3 Å². The first-order valence-corrected chi connectivity index (χ1v) is 13.6. The maximum absolute atomic E-state index is 14.4. The van der Waals surface area contributed by atoms with Crippen LogP contribution in [0.15, 0.2) is 23.7 Å². The van der Waals surface area contributed by atoms with Crippen molar-refractivity contribution < 1.29 is 24.2 Å². The minimum absolute atomic E-state index is 0.0738. The number of alkyl halides is 1. The Morgan fingerprint density at radius 3 is 2.57 bits per heavy atom. The first-order chi connectivity index (χ1) is 17.3. The Morgan fingerprint density at radius 1 is 1.30 bits per heavy atom. The van der Waals surface area contributed by atoms with Crippen LogP contribution in [0.5, 0.6) is 0 Å². The molecule has 1 aromatic heterocycles. The van der Waals surface area contributed by atoms with E-state index in [1.165, 1.54) is 4.90 Å². The topological polar surface area (TPSA) is 115 Å². The van der Waals surface area contributed by atoms with Crippen molar-refractivity contribution in [2.75, 3.05) is 6.54 Å². The number of hydrogen-bond donors (Lipinski definition) is 4. The molecule has 8 nitrogen and oxygen atoms in total. The summed E-state index contributed by atoms with van der Waals surface area (Å²) >= 11 is 1.59. The fraction of sp³-hybridized carbons (Fsp3) is 0.593. The van der Waals surface area contributed by atoms with Gasteiger partial charge in [-0.25, -0.2) is 9.37 Å². The predicted molar refractivity (Wildman–Crippen MR) is 140 cm³/mol. The summed E-state index contributed by atoms with van der Waals surface area (Å²) in [6, 6.07) is 4.45. The van der Waals surface area contributed by atoms with E-state index in [0.29, 0.717) is 6.54 Å². The lowest BCUT2D eigenvalue weighted by atomic mass is 9.84. The van der Waals surface area contributed by atoms with E-state index in [2.05, 4.69) is 21.7 Å². The van der Waals surface area contributed by atoms with Crippen LogP contribution in [0.3, 0.4) is 0 Å². The second-order valence-corrected chi connectivity index (χ2v) is 12.3. The Morgan fingerprint density at radius 2 is 2.00 bits per heavy atom. The maximum Gasteiger partial charge on any atom is 0.258 e. The average Bonchev–Trinajstić information content (AvgIpc) is 3.23. The number of thiazole rings is 1. The molecule has 1 saturated carbocycles. The minimum atomic E-state index is -1.88. The van der Waals surface area contributed by atoms with Gasteiger partial charge in [0.1, 0.15) is 6.23 Å². The molecule has 1 aliphatic carbocycles. The molecule has 2 amide bonds. The van der Waals surface area contributed by atoms with E-state index >= 15 is 0 Å². The SMILES string of the molecule is Cc1cc(-c2scnc2C)ccc1CNC(=O)[C@@H]1C[C@@H](O)CN1C(O)[C@@H](NC(=O)C1(F)CC1)C(C)(C)C. The van der Waals surface area contributed by atoms with Gasteiger partial charge in [-0.3, -0.25) is 14.5 Å². The molecule has 1 unspecified atom stereocenters. The number of aryl methyl sites for hydroxylation is 2. The second-order valence-electron chi connectivity index (χ2n) is 11.4. The summed E-state index contributed by atoms with van der Waals surface area (Å²) < 4.78 is 14.4. The number of benzene rings is 1. The molecule has 0 bridgehead atoms. The number of halogens is 1. The lowest BCUT2D eigenvalue weighted by Gasteiger charge is -2.40. The summed E-state index contributed by atoms with van der Waals surface area (Å²) in [6.45, 7) is 9.84. The van der Waals surface area contributed by atoms with Crippen LogP contribution in [-0.2, 0) is 16.1 Å². The van der Waals surface area contributed by atoms with Gasteiger partial charge >= 0.3 is 0 Å². The smallest absolute Gasteiger partial charge is 0.258 e. The molecular weight excluding hydrogens is 495 g/mol. The monoisotopic (exact) mass is 532 g/mol. The number of aromatic nitrogens is 1. The maximum atomic E-state index is 14.4. The fourth-order valence-electron chi connectivity index (χ4n) is 4.84. The van der Waals surface area contributed by atoms with Gasteiger partial charge in [-0.05, 0) is 55.2 Å². The number of hydrogen-bond acceptors (Lipinski definition) is 7. The molecule has 4 rings (SSSR count). The van der Waals surface area contributed by atoms with E-state index in [-0.39, 0.29) is 31.7 Å². The molecule has 2 aliphatic rings. The lowest BCUT2D eigenvalue weighted by molar-refractivity contribution is -0.137. The summed E-state index contributed by atoms with van der Waals surface area (Å²) in [7, 11) is 0. The van der Waals surface area contributed by atoms with Crippen LogP contribution in [0.25, 0.3) is 10.4 Å². The van der Waals surface area contributed by atoms with E-state index in [1.807, 2.05) is 52.3 Å². The molecule has 0 spiro atoms. The molecule has 1 saturated heterocycles. The summed E-state index contributed by atoms with van der Waals surface area (Å²) in [5.74, 6) is -1.06. The number of nitrogens with one attached hydrogen (secondary N) is 2. The third-order valence-electron chi connectivity index (χ3n) is 7.38. The van der Waals surface area contributed by atoms with E-state index in [0.717, 1.165) is 27.3 Å². The molecule has 4 atom stereocenters. The van der Waals surface area contributed by atoms with Crippen LogP contribution in [0, 0.1) is 19.3 Å². The van der Waals surface area contributed by atoms with Crippen LogP contribution in [-0.4, -0.2) is 68.5 Å². The molecule has 202 valence electrons. The molecule has 37 heavy (non-hydrogen) atoms. The van der Waals surface area contributed by atoms with Crippen LogP contribution in [0.2, 0.25) is 0 Å². The van der Waals surface area contributed by atoms with Crippen molar-refractivity contribution >= 4 is 23.2 Å². The van der Waals surface area contributed by atoms with Crippen LogP contribution < -0.4 is 10.6 Å². The highest BCUT2D eigenvalue weighted by Gasteiger charge is 2.53. The van der Waals surface area contributed by atoms with Gasteiger partial charge in [0.15, 0.2) is 5.67 Å². The van der Waals surface area contributed by atoms with E-state index < -0.39 is 41.4 Å². The van der Waals surface area contributed by atoms with Gasteiger partial charge in [0.2, 0.25) is 5.91 Å². The number of carbonyl (C=O) groups is 2. The number of aliphatic hydroxyl groups is 2. The van der Waals surface area contributed by atoms with Crippen molar-refractivity contribution in [1.29, 1.82) is 0 Å². The zero-order valence-electron chi connectivity index (χ0n) is 22.0. The van der Waals surface area contributed by atoms with Crippen molar-refractivity contribution in [1.82, 2.24) is 20.5 Å². The summed E-state index contributed by atoms with van der Waals surface area (Å²) in [5, 5.41) is 27.3. The Kier molecular flexibility index (Phi) is 7.77. The zero-order chi connectivity index (χ0) is 27.1. The number of rotatable bonds is 8. The zero-order valence-corrected chi connectivity index (χ0v) is 22.9. The number of amides is 2. The third kappa shape index (κ3) is 6.03. The molecule has 2 fully saturated rings. The van der Waals surface area contributed by atoms with Crippen molar-refractivity contribution in [3.05, 3.63) is 40.5 Å². The van der Waals surface area contributed by atoms with Gasteiger partial charge in [0.25, 0.3) is 5.91 Å². The van der Waals surface area contributed by atoms with E-state index in [4.69, 9.17) is 0 Å². The molecular formula is C27H37FN4O4S. The predicted octanol–water partition coefficient (Wildman–Crippen LogP) is 2.83. The van der Waals surface area contributed by atoms with Gasteiger partial charge in [-0.15, -0.1) is 11.3 Å². The molecule has 1 aliphatic heterocycles. The number of likely N-dealkylation sites (tertiary alicyclic amines) is 1. The van der Waals surface area contributed by atoms with Gasteiger partial charge in [-0.1, -0.05) is 39.0 Å². The summed E-state index contributed by atoms with van der Waals surface area (Å²) in [4.78, 5) is 32.6. The van der Waals surface area contributed by atoms with Gasteiger partial charge in [-0.2, -0.15) is 0 Å². The average molecular weight is 533 g/mol. The Bertz CT molecular complexity index is 1160.